The van der Waals surface area contributed by atoms with Gasteiger partial charge in [0.2, 0.25) is 11.8 Å². The van der Waals surface area contributed by atoms with Crippen molar-refractivity contribution >= 4 is 21.7 Å². The van der Waals surface area contributed by atoms with Gasteiger partial charge in [0.15, 0.2) is 9.84 Å². The van der Waals surface area contributed by atoms with E-state index in [4.69, 9.17) is 0 Å². The lowest BCUT2D eigenvalue weighted by atomic mass is 9.99. The molecule has 2 heterocycles. The van der Waals surface area contributed by atoms with E-state index in [-0.39, 0.29) is 35.9 Å². The van der Waals surface area contributed by atoms with Crippen molar-refractivity contribution < 1.29 is 18.0 Å². The minimum Gasteiger partial charge on any atom is -0.341 e. The maximum atomic E-state index is 12.1. The van der Waals surface area contributed by atoms with Crippen LogP contribution in [0.1, 0.15) is 20.3 Å². The zero-order valence-corrected chi connectivity index (χ0v) is 10.7. The first-order valence-corrected chi connectivity index (χ1v) is 7.36. The second-order valence-corrected chi connectivity index (χ2v) is 7.39. The second kappa shape index (κ2) is 3.69. The lowest BCUT2D eigenvalue weighted by Gasteiger charge is -2.40. The molecule has 17 heavy (non-hydrogen) atoms. The van der Waals surface area contributed by atoms with Crippen molar-refractivity contribution in [1.29, 1.82) is 0 Å². The van der Waals surface area contributed by atoms with E-state index in [0.29, 0.717) is 6.42 Å². The highest BCUT2D eigenvalue weighted by Gasteiger charge is 2.44. The highest BCUT2D eigenvalue weighted by Crippen LogP contribution is 2.23. The number of carbonyl (C=O) groups is 2. The van der Waals surface area contributed by atoms with E-state index < -0.39 is 15.4 Å². The van der Waals surface area contributed by atoms with Crippen LogP contribution < -0.4 is 5.32 Å². The topological polar surface area (TPSA) is 83.6 Å². The van der Waals surface area contributed by atoms with Gasteiger partial charge in [0.1, 0.15) is 5.54 Å². The molecule has 0 radical (unpaired) electrons. The average Bonchev–Trinajstić information content (AvgIpc) is 2.51. The van der Waals surface area contributed by atoms with Gasteiger partial charge in [-0.05, 0) is 20.3 Å². The lowest BCUT2D eigenvalue weighted by molar-refractivity contribution is -0.150. The van der Waals surface area contributed by atoms with Crippen LogP contribution in [-0.4, -0.2) is 54.8 Å². The molecule has 2 aliphatic rings. The van der Waals surface area contributed by atoms with E-state index in [1.807, 2.05) is 0 Å². The van der Waals surface area contributed by atoms with Crippen molar-refractivity contribution in [2.24, 2.45) is 0 Å². The predicted molar refractivity (Wildman–Crippen MR) is 61.0 cm³/mol. The Labute approximate surface area is 100 Å². The molecule has 0 spiro atoms. The van der Waals surface area contributed by atoms with Crippen molar-refractivity contribution in [3.05, 3.63) is 0 Å². The molecular formula is C10H16N2O4S. The number of nitrogens with one attached hydrogen (secondary N) is 1. The number of piperazine rings is 1. The number of rotatable bonds is 1. The fraction of sp³-hybridized carbons (Fsp3) is 0.800. The van der Waals surface area contributed by atoms with Crippen LogP contribution in [0, 0.1) is 0 Å². The molecule has 1 atom stereocenters. The summed E-state index contributed by atoms with van der Waals surface area (Å²) in [4.78, 5) is 25.0. The smallest absolute Gasteiger partial charge is 0.248 e. The molecule has 2 fully saturated rings. The van der Waals surface area contributed by atoms with Crippen LogP contribution in [0.4, 0.5) is 0 Å². The molecule has 0 aromatic heterocycles. The van der Waals surface area contributed by atoms with Crippen molar-refractivity contribution in [1.82, 2.24) is 10.2 Å². The number of sulfone groups is 1. The normalized spacial score (nSPS) is 31.4. The summed E-state index contributed by atoms with van der Waals surface area (Å²) in [5.74, 6) is -0.371. The van der Waals surface area contributed by atoms with E-state index in [0.717, 1.165) is 0 Å². The molecule has 2 saturated heterocycles. The zero-order valence-electron chi connectivity index (χ0n) is 9.89. The number of hydrogen-bond acceptors (Lipinski definition) is 4. The molecule has 2 amide bonds. The van der Waals surface area contributed by atoms with Crippen LogP contribution in [-0.2, 0) is 19.4 Å². The highest BCUT2D eigenvalue weighted by atomic mass is 32.2. The molecule has 0 aliphatic carbocycles. The van der Waals surface area contributed by atoms with Crippen molar-refractivity contribution in [3.8, 4) is 0 Å². The summed E-state index contributed by atoms with van der Waals surface area (Å²) in [5, 5.41) is 2.60. The number of nitrogens with zero attached hydrogens (tertiary/aromatic N) is 1. The van der Waals surface area contributed by atoms with Crippen LogP contribution in [0.3, 0.4) is 0 Å². The van der Waals surface area contributed by atoms with Crippen LogP contribution in [0.15, 0.2) is 0 Å². The van der Waals surface area contributed by atoms with Crippen LogP contribution in [0.2, 0.25) is 0 Å². The Kier molecular flexibility index (Phi) is 2.68. The fourth-order valence-corrected chi connectivity index (χ4v) is 4.07. The number of hydrogen-bond donors (Lipinski definition) is 1. The molecule has 0 bridgehead atoms. The first-order chi connectivity index (χ1) is 7.71. The molecule has 0 aromatic rings. The molecule has 96 valence electrons. The Morgan fingerprint density at radius 2 is 2.00 bits per heavy atom. The summed E-state index contributed by atoms with van der Waals surface area (Å²) in [6.45, 7) is 3.22. The summed E-state index contributed by atoms with van der Waals surface area (Å²) in [6, 6.07) is -0.349. The lowest BCUT2D eigenvalue weighted by Crippen LogP contribution is -2.65. The largest absolute Gasteiger partial charge is 0.341 e. The minimum atomic E-state index is -3.05. The molecule has 1 N–H and O–H groups in total. The van der Waals surface area contributed by atoms with Crippen LogP contribution >= 0.6 is 0 Å². The van der Waals surface area contributed by atoms with Crippen molar-refractivity contribution in [3.63, 3.8) is 0 Å². The third kappa shape index (κ3) is 2.29. The predicted octanol–water partition coefficient (Wildman–Crippen LogP) is -1.09. The van der Waals surface area contributed by atoms with Crippen molar-refractivity contribution in [2.45, 2.75) is 31.8 Å². The summed E-state index contributed by atoms with van der Waals surface area (Å²) in [6.07, 6.45) is 0.428. The van der Waals surface area contributed by atoms with Crippen LogP contribution in [0.25, 0.3) is 0 Å². The Morgan fingerprint density at radius 1 is 1.35 bits per heavy atom. The van der Waals surface area contributed by atoms with E-state index >= 15 is 0 Å². The zero-order chi connectivity index (χ0) is 12.8. The first-order valence-electron chi connectivity index (χ1n) is 5.54. The quantitative estimate of drug-likeness (QED) is 0.649. The average molecular weight is 260 g/mol. The van der Waals surface area contributed by atoms with Crippen molar-refractivity contribution in [2.75, 3.05) is 18.1 Å². The molecule has 1 unspecified atom stereocenters. The Morgan fingerprint density at radius 3 is 2.53 bits per heavy atom. The first kappa shape index (κ1) is 12.3. The summed E-state index contributed by atoms with van der Waals surface area (Å²) in [7, 11) is -3.05. The highest BCUT2D eigenvalue weighted by molar-refractivity contribution is 7.91. The van der Waals surface area contributed by atoms with Gasteiger partial charge in [0, 0.05) is 6.04 Å². The van der Waals surface area contributed by atoms with Gasteiger partial charge in [0.05, 0.1) is 18.1 Å². The molecule has 6 nitrogen and oxygen atoms in total. The second-order valence-electron chi connectivity index (χ2n) is 5.16. The molecule has 2 aliphatic heterocycles. The Bertz CT molecular complexity index is 469. The summed E-state index contributed by atoms with van der Waals surface area (Å²) >= 11 is 0. The van der Waals surface area contributed by atoms with E-state index in [1.165, 1.54) is 4.90 Å². The van der Waals surface area contributed by atoms with Gasteiger partial charge in [-0.15, -0.1) is 0 Å². The monoisotopic (exact) mass is 260 g/mol. The van der Waals surface area contributed by atoms with Crippen LogP contribution in [0.5, 0.6) is 0 Å². The maximum Gasteiger partial charge on any atom is 0.248 e. The third-order valence-electron chi connectivity index (χ3n) is 3.21. The van der Waals surface area contributed by atoms with Gasteiger partial charge in [-0.3, -0.25) is 9.59 Å². The molecular weight excluding hydrogens is 244 g/mol. The SMILES string of the molecule is CC1(C)NC(=O)CN(C2CCS(=O)(=O)C2)C1=O. The molecule has 0 aromatic carbocycles. The van der Waals surface area contributed by atoms with E-state index in [2.05, 4.69) is 5.32 Å². The Hall–Kier alpha value is -1.11. The van der Waals surface area contributed by atoms with Gasteiger partial charge in [-0.2, -0.15) is 0 Å². The summed E-state index contributed by atoms with van der Waals surface area (Å²) in [5.41, 5.74) is -0.943. The van der Waals surface area contributed by atoms with Gasteiger partial charge < -0.3 is 10.2 Å². The number of amides is 2. The van der Waals surface area contributed by atoms with Gasteiger partial charge in [-0.1, -0.05) is 0 Å². The van der Waals surface area contributed by atoms with Gasteiger partial charge in [0.25, 0.3) is 0 Å². The molecule has 2 rings (SSSR count). The summed E-state index contributed by atoms with van der Waals surface area (Å²) < 4.78 is 22.8. The van der Waals surface area contributed by atoms with Gasteiger partial charge in [-0.25, -0.2) is 8.42 Å². The molecule has 7 heteroatoms. The van der Waals surface area contributed by atoms with Gasteiger partial charge >= 0.3 is 0 Å². The third-order valence-corrected chi connectivity index (χ3v) is 4.96. The Balaban J connectivity index is 2.21. The van der Waals surface area contributed by atoms with E-state index in [1.54, 1.807) is 13.8 Å². The van der Waals surface area contributed by atoms with E-state index in [9.17, 15) is 18.0 Å². The fourth-order valence-electron chi connectivity index (χ4n) is 2.34. The molecule has 0 saturated carbocycles. The standard InChI is InChI=1S/C10H16N2O4S/c1-10(2)9(14)12(5-8(13)11-10)7-3-4-17(15,16)6-7/h7H,3-6H2,1-2H3,(H,11,13). The maximum absolute atomic E-state index is 12.1. The number of carbonyl (C=O) groups excluding carboxylic acids is 2. The minimum absolute atomic E-state index is 0.0257.